The summed E-state index contributed by atoms with van der Waals surface area (Å²) >= 11 is 0. The number of hydrogen-bond donors (Lipinski definition) is 0. The van der Waals surface area contributed by atoms with Gasteiger partial charge in [-0.25, -0.2) is 0 Å². The van der Waals surface area contributed by atoms with E-state index in [-0.39, 0.29) is 18.2 Å². The molecule has 1 aliphatic heterocycles. The monoisotopic (exact) mass is 153 g/mol. The van der Waals surface area contributed by atoms with E-state index in [1.165, 1.54) is 11.8 Å². The molecule has 0 aromatic carbocycles. The number of ketones is 1. The SMILES string of the molecule is C=C1CCC(=O)N1CC(C)=O. The van der Waals surface area contributed by atoms with E-state index in [2.05, 4.69) is 6.58 Å². The van der Waals surface area contributed by atoms with E-state index in [0.29, 0.717) is 12.8 Å². The molecule has 0 saturated carbocycles. The van der Waals surface area contributed by atoms with Crippen molar-refractivity contribution in [3.05, 3.63) is 12.3 Å². The number of likely N-dealkylation sites (tertiary alicyclic amines) is 1. The van der Waals surface area contributed by atoms with E-state index in [0.717, 1.165) is 5.70 Å². The van der Waals surface area contributed by atoms with Gasteiger partial charge in [-0.15, -0.1) is 0 Å². The van der Waals surface area contributed by atoms with Crippen LogP contribution in [0.2, 0.25) is 0 Å². The van der Waals surface area contributed by atoms with E-state index >= 15 is 0 Å². The van der Waals surface area contributed by atoms with Gasteiger partial charge in [-0.1, -0.05) is 6.58 Å². The van der Waals surface area contributed by atoms with Gasteiger partial charge in [0, 0.05) is 12.1 Å². The Balaban J connectivity index is 2.62. The second-order valence-corrected chi connectivity index (χ2v) is 2.75. The fourth-order valence-electron chi connectivity index (χ4n) is 1.12. The Morgan fingerprint density at radius 1 is 1.64 bits per heavy atom. The molecule has 0 aromatic heterocycles. The summed E-state index contributed by atoms with van der Waals surface area (Å²) in [5.41, 5.74) is 0.769. The Labute approximate surface area is 65.7 Å². The average Bonchev–Trinajstić information content (AvgIpc) is 2.18. The Kier molecular flexibility index (Phi) is 2.08. The van der Waals surface area contributed by atoms with Gasteiger partial charge in [0.05, 0.1) is 6.54 Å². The molecule has 0 aliphatic carbocycles. The first kappa shape index (κ1) is 7.98. The lowest BCUT2D eigenvalue weighted by molar-refractivity contribution is -0.130. The third kappa shape index (κ3) is 1.67. The molecular weight excluding hydrogens is 142 g/mol. The molecule has 1 saturated heterocycles. The summed E-state index contributed by atoms with van der Waals surface area (Å²) in [7, 11) is 0. The number of nitrogens with zero attached hydrogens (tertiary/aromatic N) is 1. The van der Waals surface area contributed by atoms with Crippen LogP contribution in [0.15, 0.2) is 12.3 Å². The van der Waals surface area contributed by atoms with E-state index in [9.17, 15) is 9.59 Å². The molecule has 0 aromatic rings. The molecule has 0 N–H and O–H groups in total. The summed E-state index contributed by atoms with van der Waals surface area (Å²) < 4.78 is 0. The van der Waals surface area contributed by atoms with Gasteiger partial charge in [-0.2, -0.15) is 0 Å². The first-order valence-corrected chi connectivity index (χ1v) is 3.59. The summed E-state index contributed by atoms with van der Waals surface area (Å²) in [4.78, 5) is 23.1. The summed E-state index contributed by atoms with van der Waals surface area (Å²) in [6.07, 6.45) is 1.21. The second kappa shape index (κ2) is 2.86. The topological polar surface area (TPSA) is 37.4 Å². The standard InChI is InChI=1S/C8H11NO2/c1-6-3-4-8(11)9(6)5-7(2)10/h1,3-5H2,2H3. The minimum absolute atomic E-state index is 0.00130. The average molecular weight is 153 g/mol. The van der Waals surface area contributed by atoms with Crippen molar-refractivity contribution in [3.8, 4) is 0 Å². The van der Waals surface area contributed by atoms with Crippen LogP contribution in [-0.2, 0) is 9.59 Å². The molecule has 0 unspecified atom stereocenters. The maximum Gasteiger partial charge on any atom is 0.227 e. The zero-order chi connectivity index (χ0) is 8.43. The van der Waals surface area contributed by atoms with Gasteiger partial charge in [0.2, 0.25) is 5.91 Å². The number of carbonyl (C=O) groups excluding carboxylic acids is 2. The number of amides is 1. The van der Waals surface area contributed by atoms with E-state index in [4.69, 9.17) is 0 Å². The van der Waals surface area contributed by atoms with Crippen LogP contribution < -0.4 is 0 Å². The van der Waals surface area contributed by atoms with Crippen molar-refractivity contribution in [2.24, 2.45) is 0 Å². The molecule has 1 heterocycles. The van der Waals surface area contributed by atoms with Crippen molar-refractivity contribution in [3.63, 3.8) is 0 Å². The Morgan fingerprint density at radius 3 is 2.64 bits per heavy atom. The minimum Gasteiger partial charge on any atom is -0.309 e. The van der Waals surface area contributed by atoms with Crippen LogP contribution in [0, 0.1) is 0 Å². The lowest BCUT2D eigenvalue weighted by atomic mass is 10.3. The van der Waals surface area contributed by atoms with Crippen LogP contribution in [-0.4, -0.2) is 23.1 Å². The maximum absolute atomic E-state index is 11.0. The van der Waals surface area contributed by atoms with E-state index in [1.54, 1.807) is 0 Å². The molecule has 1 aliphatic rings. The van der Waals surface area contributed by atoms with Gasteiger partial charge in [-0.3, -0.25) is 9.59 Å². The predicted molar refractivity (Wildman–Crippen MR) is 40.8 cm³/mol. The van der Waals surface area contributed by atoms with Gasteiger partial charge in [-0.05, 0) is 13.3 Å². The molecule has 0 radical (unpaired) electrons. The van der Waals surface area contributed by atoms with E-state index < -0.39 is 0 Å². The third-order valence-electron chi connectivity index (χ3n) is 1.69. The molecule has 11 heavy (non-hydrogen) atoms. The molecule has 1 amide bonds. The van der Waals surface area contributed by atoms with Crippen molar-refractivity contribution in [2.45, 2.75) is 19.8 Å². The van der Waals surface area contributed by atoms with Gasteiger partial charge >= 0.3 is 0 Å². The number of allylic oxidation sites excluding steroid dienone is 1. The quantitative estimate of drug-likeness (QED) is 0.586. The molecule has 1 fully saturated rings. The number of hydrogen-bond acceptors (Lipinski definition) is 2. The van der Waals surface area contributed by atoms with Crippen molar-refractivity contribution in [1.29, 1.82) is 0 Å². The van der Waals surface area contributed by atoms with Crippen molar-refractivity contribution in [1.82, 2.24) is 4.90 Å². The molecule has 1 rings (SSSR count). The highest BCUT2D eigenvalue weighted by Crippen LogP contribution is 2.19. The van der Waals surface area contributed by atoms with Crippen molar-refractivity contribution < 1.29 is 9.59 Å². The lowest BCUT2D eigenvalue weighted by Gasteiger charge is -2.14. The van der Waals surface area contributed by atoms with Crippen LogP contribution in [0.1, 0.15) is 19.8 Å². The second-order valence-electron chi connectivity index (χ2n) is 2.75. The fourth-order valence-corrected chi connectivity index (χ4v) is 1.12. The normalized spacial score (nSPS) is 17.7. The summed E-state index contributed by atoms with van der Waals surface area (Å²) in [5, 5.41) is 0. The lowest BCUT2D eigenvalue weighted by Crippen LogP contribution is -2.27. The highest BCUT2D eigenvalue weighted by molar-refractivity contribution is 5.87. The van der Waals surface area contributed by atoms with Crippen molar-refractivity contribution in [2.75, 3.05) is 6.54 Å². The summed E-state index contributed by atoms with van der Waals surface area (Å²) in [5.74, 6) is 0.0200. The van der Waals surface area contributed by atoms with Gasteiger partial charge in [0.1, 0.15) is 5.78 Å². The number of carbonyl (C=O) groups is 2. The Morgan fingerprint density at radius 2 is 2.27 bits per heavy atom. The van der Waals surface area contributed by atoms with Gasteiger partial charge < -0.3 is 4.90 Å². The summed E-state index contributed by atoms with van der Waals surface area (Å²) in [6, 6.07) is 0. The molecule has 60 valence electrons. The molecular formula is C8H11NO2. The van der Waals surface area contributed by atoms with Gasteiger partial charge in [0.25, 0.3) is 0 Å². The molecule has 3 heteroatoms. The van der Waals surface area contributed by atoms with Crippen LogP contribution in [0.4, 0.5) is 0 Å². The highest BCUT2D eigenvalue weighted by atomic mass is 16.2. The zero-order valence-electron chi connectivity index (χ0n) is 6.59. The maximum atomic E-state index is 11.0. The van der Waals surface area contributed by atoms with E-state index in [1.807, 2.05) is 0 Å². The molecule has 0 spiro atoms. The summed E-state index contributed by atoms with van der Waals surface area (Å²) in [6.45, 7) is 5.36. The van der Waals surface area contributed by atoms with Gasteiger partial charge in [0.15, 0.2) is 0 Å². The minimum atomic E-state index is 0.00130. The zero-order valence-corrected chi connectivity index (χ0v) is 6.59. The third-order valence-corrected chi connectivity index (χ3v) is 1.69. The first-order valence-electron chi connectivity index (χ1n) is 3.59. The first-order chi connectivity index (χ1) is 5.11. The highest BCUT2D eigenvalue weighted by Gasteiger charge is 2.24. The number of Topliss-reactive ketones (excluding diaryl/α,β-unsaturated/α-hetero) is 1. The van der Waals surface area contributed by atoms with Crippen LogP contribution in [0.5, 0.6) is 0 Å². The van der Waals surface area contributed by atoms with Crippen LogP contribution >= 0.6 is 0 Å². The smallest absolute Gasteiger partial charge is 0.227 e. The molecule has 0 bridgehead atoms. The van der Waals surface area contributed by atoms with Crippen molar-refractivity contribution >= 4 is 11.7 Å². The molecule has 0 atom stereocenters. The Bertz CT molecular complexity index is 204. The van der Waals surface area contributed by atoms with Crippen LogP contribution in [0.25, 0.3) is 0 Å². The van der Waals surface area contributed by atoms with Crippen LogP contribution in [0.3, 0.4) is 0 Å². The fraction of sp³-hybridized carbons (Fsp3) is 0.500. The Hall–Kier alpha value is -1.12. The molecule has 3 nitrogen and oxygen atoms in total. The predicted octanol–water partition coefficient (Wildman–Crippen LogP) is 0.712. The largest absolute Gasteiger partial charge is 0.309 e. The number of rotatable bonds is 2.